The largest absolute Gasteiger partial charge is 0.427 e. The van der Waals surface area contributed by atoms with E-state index in [1.54, 1.807) is 0 Å². The topological polar surface area (TPSA) is 61.0 Å². The summed E-state index contributed by atoms with van der Waals surface area (Å²) in [5.41, 5.74) is 4.98. The monoisotopic (exact) mass is 298 g/mol. The van der Waals surface area contributed by atoms with E-state index in [1.165, 1.54) is 16.5 Å². The van der Waals surface area contributed by atoms with Crippen molar-refractivity contribution in [2.45, 2.75) is 33.7 Å². The van der Waals surface area contributed by atoms with Crippen molar-refractivity contribution >= 4 is 24.6 Å². The van der Waals surface area contributed by atoms with E-state index in [-0.39, 0.29) is 12.1 Å². The van der Waals surface area contributed by atoms with E-state index in [0.29, 0.717) is 13.6 Å². The highest BCUT2D eigenvalue weighted by Gasteiger charge is 2.21. The lowest BCUT2D eigenvalue weighted by atomic mass is 9.48. The fourth-order valence-corrected chi connectivity index (χ4v) is 2.61. The van der Waals surface area contributed by atoms with Crippen LogP contribution in [0.3, 0.4) is 0 Å². The summed E-state index contributed by atoms with van der Waals surface area (Å²) < 4.78 is 5.42. The average Bonchev–Trinajstić information content (AvgIpc) is 2.90. The first kappa shape index (κ1) is 18.5. The van der Waals surface area contributed by atoms with Gasteiger partial charge in [0, 0.05) is 0 Å². The van der Waals surface area contributed by atoms with Gasteiger partial charge in [-0.2, -0.15) is 0 Å². The second-order valence-corrected chi connectivity index (χ2v) is 5.66. The molecule has 5 heteroatoms. The van der Waals surface area contributed by atoms with Crippen LogP contribution in [0, 0.1) is 0 Å². The predicted octanol–water partition coefficient (Wildman–Crippen LogP) is 1.36. The quantitative estimate of drug-likeness (QED) is 0.851. The summed E-state index contributed by atoms with van der Waals surface area (Å²) >= 11 is 0. The number of aliphatic hydroxyl groups excluding tert-OH is 1. The maximum atomic E-state index is 8.97. The minimum Gasteiger partial charge on any atom is -0.427 e. The number of rotatable bonds is 2. The molecule has 0 amide bonds. The van der Waals surface area contributed by atoms with Gasteiger partial charge in [0.15, 0.2) is 6.71 Å². The molecule has 0 bridgehead atoms. The van der Waals surface area contributed by atoms with Gasteiger partial charge >= 0.3 is 6.92 Å². The summed E-state index contributed by atoms with van der Waals surface area (Å²) in [5.74, 6) is 0. The minimum absolute atomic E-state index is 0. The molecule has 3 nitrogen and oxygen atoms in total. The highest BCUT2D eigenvalue weighted by molar-refractivity contribution is 6.71. The maximum Gasteiger partial charge on any atom is 0.324 e. The molecule has 0 atom stereocenters. The standard InChI is InChI=1S/C9H13BO.C8H9BO.H2O/c1-10(2)9-6-4-3-5-8(9)7-11;1-9-8-5-3-2-4-7(8)6-10-9;/h3-6,11H,7H2,1-2H3;2-5H,6H2,1H3;1H2. The number of aliphatic hydroxyl groups is 1. The third-order valence-corrected chi connectivity index (χ3v) is 3.83. The number of fused-ring (bicyclic) bond motifs is 1. The molecule has 0 aromatic heterocycles. The van der Waals surface area contributed by atoms with Crippen molar-refractivity contribution in [2.24, 2.45) is 0 Å². The highest BCUT2D eigenvalue weighted by atomic mass is 16.4. The summed E-state index contributed by atoms with van der Waals surface area (Å²) in [6, 6.07) is 16.4. The van der Waals surface area contributed by atoms with Crippen LogP contribution in [0.4, 0.5) is 0 Å². The van der Waals surface area contributed by atoms with Gasteiger partial charge in [0.25, 0.3) is 0 Å². The molecule has 0 saturated heterocycles. The molecule has 3 N–H and O–H groups in total. The van der Waals surface area contributed by atoms with E-state index >= 15 is 0 Å². The Balaban J connectivity index is 0.000000211. The third-order valence-electron chi connectivity index (χ3n) is 3.83. The molecule has 1 aliphatic rings. The SMILES string of the molecule is CB(C)c1ccccc1CO.CB1OCc2ccccc21.O. The van der Waals surface area contributed by atoms with Gasteiger partial charge in [-0.1, -0.05) is 74.5 Å². The summed E-state index contributed by atoms with van der Waals surface area (Å²) in [6.45, 7) is 8.09. The van der Waals surface area contributed by atoms with Crippen LogP contribution in [0.15, 0.2) is 48.5 Å². The maximum absolute atomic E-state index is 8.97. The molecule has 1 aliphatic heterocycles. The second-order valence-electron chi connectivity index (χ2n) is 5.66. The summed E-state index contributed by atoms with van der Waals surface area (Å²) in [7, 11) is 0. The van der Waals surface area contributed by atoms with Crippen LogP contribution in [0.25, 0.3) is 0 Å². The first-order valence-electron chi connectivity index (χ1n) is 7.51. The van der Waals surface area contributed by atoms with Gasteiger partial charge in [-0.15, -0.1) is 0 Å². The van der Waals surface area contributed by atoms with Crippen LogP contribution in [0.1, 0.15) is 11.1 Å². The Morgan fingerprint density at radius 2 is 1.73 bits per heavy atom. The molecule has 22 heavy (non-hydrogen) atoms. The van der Waals surface area contributed by atoms with Crippen molar-refractivity contribution in [2.75, 3.05) is 0 Å². The minimum atomic E-state index is 0. The van der Waals surface area contributed by atoms with Crippen molar-refractivity contribution in [3.63, 3.8) is 0 Å². The van der Waals surface area contributed by atoms with E-state index in [0.717, 1.165) is 12.2 Å². The van der Waals surface area contributed by atoms with Gasteiger partial charge in [0.05, 0.1) is 13.2 Å². The zero-order valence-electron chi connectivity index (χ0n) is 13.5. The Morgan fingerprint density at radius 1 is 1.09 bits per heavy atom. The van der Waals surface area contributed by atoms with Gasteiger partial charge < -0.3 is 15.2 Å². The molecule has 116 valence electrons. The second kappa shape index (κ2) is 8.79. The molecule has 1 heterocycles. The molecule has 0 spiro atoms. The molecule has 0 radical (unpaired) electrons. The zero-order valence-corrected chi connectivity index (χ0v) is 13.5. The first-order valence-corrected chi connectivity index (χ1v) is 7.51. The third kappa shape index (κ3) is 4.47. The fourth-order valence-electron chi connectivity index (χ4n) is 2.61. The molecule has 0 aliphatic carbocycles. The van der Waals surface area contributed by atoms with Crippen LogP contribution in [-0.2, 0) is 17.9 Å². The average molecular weight is 298 g/mol. The lowest BCUT2D eigenvalue weighted by Crippen LogP contribution is -2.26. The molecular weight excluding hydrogens is 274 g/mol. The fraction of sp³-hybridized carbons (Fsp3) is 0.294. The van der Waals surface area contributed by atoms with Crippen molar-refractivity contribution in [3.8, 4) is 0 Å². The van der Waals surface area contributed by atoms with Crippen LogP contribution in [-0.4, -0.2) is 24.2 Å². The molecule has 2 aromatic rings. The number of hydrogen-bond acceptors (Lipinski definition) is 2. The van der Waals surface area contributed by atoms with Gasteiger partial charge in [-0.3, -0.25) is 0 Å². The lowest BCUT2D eigenvalue weighted by Gasteiger charge is -2.07. The summed E-state index contributed by atoms with van der Waals surface area (Å²) in [6.07, 6.45) is 0. The van der Waals surface area contributed by atoms with E-state index < -0.39 is 0 Å². The van der Waals surface area contributed by atoms with Gasteiger partial charge in [-0.05, 0) is 16.6 Å². The smallest absolute Gasteiger partial charge is 0.324 e. The summed E-state index contributed by atoms with van der Waals surface area (Å²) in [4.78, 5) is 0. The van der Waals surface area contributed by atoms with Crippen molar-refractivity contribution in [1.82, 2.24) is 0 Å². The van der Waals surface area contributed by atoms with Crippen LogP contribution in [0.5, 0.6) is 0 Å². The van der Waals surface area contributed by atoms with Crippen molar-refractivity contribution < 1.29 is 15.2 Å². The Morgan fingerprint density at radius 3 is 2.32 bits per heavy atom. The predicted molar refractivity (Wildman–Crippen MR) is 95.6 cm³/mol. The number of hydrogen-bond donors (Lipinski definition) is 1. The normalized spacial score (nSPS) is 11.9. The Bertz CT molecular complexity index is 588. The van der Waals surface area contributed by atoms with E-state index in [9.17, 15) is 0 Å². The van der Waals surface area contributed by atoms with Gasteiger partial charge in [0.2, 0.25) is 0 Å². The van der Waals surface area contributed by atoms with Crippen LogP contribution in [0.2, 0.25) is 20.5 Å². The Hall–Kier alpha value is -1.55. The molecular formula is C17H24B2O3. The van der Waals surface area contributed by atoms with Gasteiger partial charge in [0.1, 0.15) is 0 Å². The van der Waals surface area contributed by atoms with E-state index in [1.807, 2.05) is 18.2 Å². The van der Waals surface area contributed by atoms with E-state index in [2.05, 4.69) is 50.8 Å². The Labute approximate surface area is 133 Å². The van der Waals surface area contributed by atoms with Crippen molar-refractivity contribution in [3.05, 3.63) is 59.7 Å². The Kier molecular flexibility index (Phi) is 7.39. The zero-order chi connectivity index (χ0) is 15.2. The molecule has 3 rings (SSSR count). The summed E-state index contributed by atoms with van der Waals surface area (Å²) in [5, 5.41) is 8.97. The highest BCUT2D eigenvalue weighted by Crippen LogP contribution is 2.08. The molecule has 2 aromatic carbocycles. The molecule has 0 unspecified atom stereocenters. The molecule has 0 fully saturated rings. The number of benzene rings is 2. The molecule has 0 saturated carbocycles. The lowest BCUT2D eigenvalue weighted by molar-refractivity contribution is 0.283. The van der Waals surface area contributed by atoms with Crippen molar-refractivity contribution in [1.29, 1.82) is 0 Å². The van der Waals surface area contributed by atoms with Crippen LogP contribution >= 0.6 is 0 Å². The van der Waals surface area contributed by atoms with Crippen LogP contribution < -0.4 is 10.9 Å². The van der Waals surface area contributed by atoms with Gasteiger partial charge in [-0.25, -0.2) is 0 Å². The van der Waals surface area contributed by atoms with E-state index in [4.69, 9.17) is 9.76 Å². The first-order chi connectivity index (χ1) is 10.1.